The first kappa shape index (κ1) is 15.4. The van der Waals surface area contributed by atoms with Crippen molar-refractivity contribution in [3.63, 3.8) is 0 Å². The first-order valence-electron chi connectivity index (χ1n) is 7.01. The molecule has 0 spiro atoms. The van der Waals surface area contributed by atoms with Crippen LogP contribution in [0.5, 0.6) is 0 Å². The molecule has 114 valence electrons. The lowest BCUT2D eigenvalue weighted by Crippen LogP contribution is -2.28. The molecule has 0 N–H and O–H groups in total. The molecule has 21 heavy (non-hydrogen) atoms. The van der Waals surface area contributed by atoms with Crippen molar-refractivity contribution in [1.29, 1.82) is 0 Å². The number of esters is 1. The van der Waals surface area contributed by atoms with E-state index in [-0.39, 0.29) is 11.7 Å². The zero-order valence-electron chi connectivity index (χ0n) is 12.0. The molecule has 0 aromatic heterocycles. The van der Waals surface area contributed by atoms with E-state index < -0.39 is 22.4 Å². The zero-order chi connectivity index (χ0) is 15.6. The van der Waals surface area contributed by atoms with Crippen LogP contribution in [0.1, 0.15) is 43.5 Å². The highest BCUT2D eigenvalue weighted by molar-refractivity contribution is 5.90. The van der Waals surface area contributed by atoms with Gasteiger partial charge in [0.05, 0.1) is 10.5 Å². The van der Waals surface area contributed by atoms with Crippen LogP contribution < -0.4 is 0 Å². The molecule has 0 saturated heterocycles. The van der Waals surface area contributed by atoms with Crippen molar-refractivity contribution >= 4 is 11.7 Å². The Morgan fingerprint density at radius 2 is 1.90 bits per heavy atom. The van der Waals surface area contributed by atoms with Gasteiger partial charge in [-0.3, -0.25) is 10.1 Å². The quantitative estimate of drug-likeness (QED) is 0.484. The summed E-state index contributed by atoms with van der Waals surface area (Å²) >= 11 is 0. The van der Waals surface area contributed by atoms with Crippen molar-refractivity contribution in [2.24, 2.45) is 11.8 Å². The fourth-order valence-corrected chi connectivity index (χ4v) is 2.97. The van der Waals surface area contributed by atoms with Crippen LogP contribution >= 0.6 is 0 Å². The largest absolute Gasteiger partial charge is 0.459 e. The molecule has 2 rings (SSSR count). The van der Waals surface area contributed by atoms with E-state index in [0.717, 1.165) is 31.4 Å². The molecule has 6 heteroatoms. The number of ether oxygens (including phenoxy) is 1. The number of carbonyl (C=O) groups is 1. The number of benzene rings is 1. The van der Waals surface area contributed by atoms with Gasteiger partial charge in [-0.25, -0.2) is 4.79 Å². The number of nitro benzene ring substituents is 1. The molecule has 1 aromatic rings. The molecule has 1 aliphatic rings. The second kappa shape index (κ2) is 6.20. The van der Waals surface area contributed by atoms with Crippen molar-refractivity contribution in [3.05, 3.63) is 39.7 Å². The lowest BCUT2D eigenvalue weighted by atomic mass is 9.82. The fourth-order valence-electron chi connectivity index (χ4n) is 2.97. The van der Waals surface area contributed by atoms with Gasteiger partial charge in [0, 0.05) is 6.07 Å². The molecular weight excluding hydrogens is 277 g/mol. The lowest BCUT2D eigenvalue weighted by Gasteiger charge is -2.30. The maximum absolute atomic E-state index is 13.3. The van der Waals surface area contributed by atoms with Crippen LogP contribution in [0.3, 0.4) is 0 Å². The maximum atomic E-state index is 13.3. The molecule has 1 aromatic carbocycles. The number of carbonyl (C=O) groups excluding carboxylic acids is 1. The minimum atomic E-state index is -0.962. The van der Waals surface area contributed by atoms with E-state index in [0.29, 0.717) is 11.8 Å². The van der Waals surface area contributed by atoms with E-state index in [4.69, 9.17) is 4.74 Å². The topological polar surface area (TPSA) is 69.4 Å². The summed E-state index contributed by atoms with van der Waals surface area (Å²) in [6, 6.07) is 3.05. The van der Waals surface area contributed by atoms with Gasteiger partial charge in [-0.1, -0.05) is 13.8 Å². The average Bonchev–Trinajstić information content (AvgIpc) is 2.37. The van der Waals surface area contributed by atoms with Crippen molar-refractivity contribution in [2.45, 2.75) is 39.2 Å². The number of nitrogens with zero attached hydrogens (tertiary/aromatic N) is 1. The Bertz CT molecular complexity index is 551. The van der Waals surface area contributed by atoms with Crippen LogP contribution in [0, 0.1) is 27.8 Å². The predicted octanol–water partition coefficient (Wildman–Crippen LogP) is 3.72. The molecule has 0 radical (unpaired) electrons. The van der Waals surface area contributed by atoms with Crippen LogP contribution in [-0.2, 0) is 4.74 Å². The molecule has 1 aliphatic carbocycles. The molecule has 2 unspecified atom stereocenters. The van der Waals surface area contributed by atoms with Crippen LogP contribution in [0.2, 0.25) is 0 Å². The monoisotopic (exact) mass is 295 g/mol. The molecule has 0 heterocycles. The molecule has 1 saturated carbocycles. The molecule has 1 fully saturated rings. The summed E-state index contributed by atoms with van der Waals surface area (Å²) in [7, 11) is 0. The highest BCUT2D eigenvalue weighted by atomic mass is 19.1. The highest BCUT2D eigenvalue weighted by Gasteiger charge is 2.27. The zero-order valence-corrected chi connectivity index (χ0v) is 12.0. The van der Waals surface area contributed by atoms with E-state index >= 15 is 0 Å². The Labute approximate surface area is 122 Å². The van der Waals surface area contributed by atoms with Crippen LogP contribution in [0.15, 0.2) is 18.2 Å². The van der Waals surface area contributed by atoms with Gasteiger partial charge in [-0.2, -0.15) is 4.39 Å². The Hall–Kier alpha value is -1.98. The Morgan fingerprint density at radius 3 is 2.48 bits per heavy atom. The summed E-state index contributed by atoms with van der Waals surface area (Å²) in [5, 5.41) is 10.7. The Morgan fingerprint density at radius 1 is 1.29 bits per heavy atom. The standard InChI is InChI=1S/C15H18FNO4/c1-9-5-10(2)7-12(6-9)21-15(18)11-3-4-13(16)14(8-11)17(19)20/h3-4,8-10,12H,5-7H2,1-2H3. The smallest absolute Gasteiger partial charge is 0.338 e. The number of hydrogen-bond donors (Lipinski definition) is 0. The van der Waals surface area contributed by atoms with Crippen molar-refractivity contribution in [3.8, 4) is 0 Å². The summed E-state index contributed by atoms with van der Waals surface area (Å²) in [6.07, 6.45) is 2.51. The molecule has 0 amide bonds. The van der Waals surface area contributed by atoms with Gasteiger partial charge in [0.2, 0.25) is 5.82 Å². The van der Waals surface area contributed by atoms with Gasteiger partial charge in [0.25, 0.3) is 0 Å². The van der Waals surface area contributed by atoms with E-state index in [9.17, 15) is 19.3 Å². The van der Waals surface area contributed by atoms with Crippen LogP contribution in [0.25, 0.3) is 0 Å². The lowest BCUT2D eigenvalue weighted by molar-refractivity contribution is -0.387. The van der Waals surface area contributed by atoms with Gasteiger partial charge in [-0.15, -0.1) is 0 Å². The summed E-state index contributed by atoms with van der Waals surface area (Å²) in [6.45, 7) is 4.22. The predicted molar refractivity (Wildman–Crippen MR) is 74.4 cm³/mol. The van der Waals surface area contributed by atoms with Gasteiger partial charge >= 0.3 is 11.7 Å². The number of nitro groups is 1. The minimum Gasteiger partial charge on any atom is -0.459 e. The van der Waals surface area contributed by atoms with Crippen molar-refractivity contribution < 1.29 is 18.8 Å². The van der Waals surface area contributed by atoms with Gasteiger partial charge in [0.15, 0.2) is 0 Å². The van der Waals surface area contributed by atoms with Crippen LogP contribution in [0.4, 0.5) is 10.1 Å². The average molecular weight is 295 g/mol. The second-order valence-electron chi connectivity index (χ2n) is 5.87. The first-order valence-corrected chi connectivity index (χ1v) is 7.01. The van der Waals surface area contributed by atoms with E-state index in [1.165, 1.54) is 6.07 Å². The van der Waals surface area contributed by atoms with Crippen LogP contribution in [-0.4, -0.2) is 17.0 Å². The van der Waals surface area contributed by atoms with Gasteiger partial charge in [0.1, 0.15) is 6.10 Å². The molecule has 5 nitrogen and oxygen atoms in total. The van der Waals surface area contributed by atoms with E-state index in [2.05, 4.69) is 13.8 Å². The first-order chi connectivity index (χ1) is 9.86. The minimum absolute atomic E-state index is 0.00831. The van der Waals surface area contributed by atoms with E-state index in [1.54, 1.807) is 0 Å². The summed E-state index contributed by atoms with van der Waals surface area (Å²) in [4.78, 5) is 21.9. The van der Waals surface area contributed by atoms with Gasteiger partial charge < -0.3 is 4.74 Å². The van der Waals surface area contributed by atoms with Crippen molar-refractivity contribution in [2.75, 3.05) is 0 Å². The normalized spacial score (nSPS) is 25.4. The SMILES string of the molecule is CC1CC(C)CC(OC(=O)c2ccc(F)c([N+](=O)[O-])c2)C1. The third-order valence-corrected chi connectivity index (χ3v) is 3.79. The number of hydrogen-bond acceptors (Lipinski definition) is 4. The van der Waals surface area contributed by atoms with Gasteiger partial charge in [-0.05, 0) is 43.2 Å². The number of rotatable bonds is 3. The molecule has 2 atom stereocenters. The number of halogens is 1. The summed E-state index contributed by atoms with van der Waals surface area (Å²) < 4.78 is 18.7. The second-order valence-corrected chi connectivity index (χ2v) is 5.87. The maximum Gasteiger partial charge on any atom is 0.338 e. The van der Waals surface area contributed by atoms with Crippen molar-refractivity contribution in [1.82, 2.24) is 0 Å². The molecule has 0 bridgehead atoms. The van der Waals surface area contributed by atoms with E-state index in [1.807, 2.05) is 0 Å². The Balaban J connectivity index is 2.10. The fraction of sp³-hybridized carbons (Fsp3) is 0.533. The molecule has 0 aliphatic heterocycles. The summed E-state index contributed by atoms with van der Waals surface area (Å²) in [5.41, 5.74) is -0.705. The highest BCUT2D eigenvalue weighted by Crippen LogP contribution is 2.31. The summed E-state index contributed by atoms with van der Waals surface area (Å²) in [5.74, 6) is -0.635. The third-order valence-electron chi connectivity index (χ3n) is 3.79. The molecular formula is C15H18FNO4. The Kier molecular flexibility index (Phi) is 4.55. The third kappa shape index (κ3) is 3.77.